The Bertz CT molecular complexity index is 535. The van der Waals surface area contributed by atoms with Gasteiger partial charge in [-0.25, -0.2) is 0 Å². The van der Waals surface area contributed by atoms with Gasteiger partial charge in [-0.05, 0) is 12.1 Å². The molecule has 0 heterocycles. The van der Waals surface area contributed by atoms with Crippen LogP contribution >= 0.6 is 0 Å². The van der Waals surface area contributed by atoms with Crippen LogP contribution in [-0.2, 0) is 0 Å². The fourth-order valence-electron chi connectivity index (χ4n) is 1.26. The summed E-state index contributed by atoms with van der Waals surface area (Å²) in [6, 6.07) is 4.20. The monoisotopic (exact) mass is 362 g/mol. The van der Waals surface area contributed by atoms with Crippen molar-refractivity contribution in [1.29, 1.82) is 0 Å². The molecule has 0 atom stereocenters. The van der Waals surface area contributed by atoms with E-state index in [1.807, 2.05) is 0 Å². The maximum Gasteiger partial charge on any atom is 0.471 e. The molecule has 0 bridgehead atoms. The third-order valence-corrected chi connectivity index (χ3v) is 2.50. The van der Waals surface area contributed by atoms with Gasteiger partial charge in [0.1, 0.15) is 5.75 Å². The van der Waals surface area contributed by atoms with Crippen LogP contribution in [0.15, 0.2) is 30.3 Å². The first-order valence-electron chi connectivity index (χ1n) is 5.40. The van der Waals surface area contributed by atoms with Crippen molar-refractivity contribution in [2.75, 3.05) is 0 Å². The van der Waals surface area contributed by atoms with Crippen molar-refractivity contribution in [1.82, 2.24) is 0 Å². The Morgan fingerprint density at radius 1 is 0.565 bits per heavy atom. The summed E-state index contributed by atoms with van der Waals surface area (Å²) < 4.78 is 142. The second-order valence-electron chi connectivity index (χ2n) is 4.15. The van der Waals surface area contributed by atoms with Crippen molar-refractivity contribution in [3.63, 3.8) is 0 Å². The van der Waals surface area contributed by atoms with Crippen LogP contribution in [0, 0.1) is 0 Å². The van der Waals surface area contributed by atoms with Gasteiger partial charge in [-0.3, -0.25) is 0 Å². The van der Waals surface area contributed by atoms with Gasteiger partial charge in [0.05, 0.1) is 0 Å². The molecule has 1 rings (SSSR count). The Hall–Kier alpha value is -1.75. The molecular weight excluding hydrogens is 357 g/mol. The fraction of sp³-hybridized carbons (Fsp3) is 0.455. The third-order valence-electron chi connectivity index (χ3n) is 2.50. The number of hydrogen-bond acceptors (Lipinski definition) is 1. The largest absolute Gasteiger partial charge is 0.471 e. The molecule has 12 heteroatoms. The smallest absolute Gasteiger partial charge is 0.428 e. The minimum atomic E-state index is -7.48. The van der Waals surface area contributed by atoms with E-state index < -0.39 is 35.8 Å². The maximum absolute atomic E-state index is 13.1. The molecule has 0 saturated carbocycles. The van der Waals surface area contributed by atoms with E-state index in [9.17, 15) is 48.3 Å². The van der Waals surface area contributed by atoms with Crippen molar-refractivity contribution in [2.24, 2.45) is 0 Å². The van der Waals surface area contributed by atoms with Gasteiger partial charge in [0.15, 0.2) is 0 Å². The van der Waals surface area contributed by atoms with E-state index in [-0.39, 0.29) is 0 Å². The van der Waals surface area contributed by atoms with Crippen LogP contribution in [0.2, 0.25) is 0 Å². The third kappa shape index (κ3) is 3.02. The molecule has 0 saturated heterocycles. The van der Waals surface area contributed by atoms with Crippen molar-refractivity contribution in [3.05, 3.63) is 30.3 Å². The summed E-state index contributed by atoms with van der Waals surface area (Å²) in [7, 11) is 0. The predicted molar refractivity (Wildman–Crippen MR) is 52.9 cm³/mol. The highest BCUT2D eigenvalue weighted by molar-refractivity contribution is 5.22. The second-order valence-corrected chi connectivity index (χ2v) is 4.15. The molecule has 0 amide bonds. The average molecular weight is 362 g/mol. The van der Waals surface area contributed by atoms with Crippen molar-refractivity contribution < 1.29 is 53.0 Å². The lowest BCUT2D eigenvalue weighted by Gasteiger charge is -2.36. The number of ether oxygens (including phenoxy) is 1. The van der Waals surface area contributed by atoms with Gasteiger partial charge in [0, 0.05) is 0 Å². The molecule has 132 valence electrons. The number of para-hydroxylation sites is 1. The van der Waals surface area contributed by atoms with Gasteiger partial charge >= 0.3 is 30.1 Å². The lowest BCUT2D eigenvalue weighted by atomic mass is 10.0. The van der Waals surface area contributed by atoms with Crippen molar-refractivity contribution >= 4 is 0 Å². The molecule has 0 N–H and O–H groups in total. The SMILES string of the molecule is FC(F)(F)C(F)(F)C(F)(F)C(F)(F)C(F)(F)Oc1ccccc1. The summed E-state index contributed by atoms with van der Waals surface area (Å²) >= 11 is 0. The predicted octanol–water partition coefficient (Wildman–Crippen LogP) is 5.13. The molecule has 1 aromatic rings. The highest BCUT2D eigenvalue weighted by Crippen LogP contribution is 2.57. The summed E-state index contributed by atoms with van der Waals surface area (Å²) in [4.78, 5) is 0. The van der Waals surface area contributed by atoms with Crippen LogP contribution in [0.1, 0.15) is 0 Å². The summed E-state index contributed by atoms with van der Waals surface area (Å²) in [6.07, 6.45) is -13.5. The van der Waals surface area contributed by atoms with Crippen LogP contribution in [0.4, 0.5) is 48.3 Å². The first-order chi connectivity index (χ1) is 10.1. The summed E-state index contributed by atoms with van der Waals surface area (Å²) in [5.41, 5.74) is 0. The van der Waals surface area contributed by atoms with Crippen molar-refractivity contribution in [2.45, 2.75) is 30.1 Å². The highest BCUT2D eigenvalue weighted by Gasteiger charge is 2.88. The van der Waals surface area contributed by atoms with Gasteiger partial charge in [-0.1, -0.05) is 18.2 Å². The molecule has 0 aromatic heterocycles. The molecule has 0 unspecified atom stereocenters. The lowest BCUT2D eigenvalue weighted by Crippen LogP contribution is -2.67. The lowest BCUT2D eigenvalue weighted by molar-refractivity contribution is -0.445. The van der Waals surface area contributed by atoms with E-state index in [4.69, 9.17) is 0 Å². The minimum Gasteiger partial charge on any atom is -0.428 e. The molecule has 0 aliphatic rings. The van der Waals surface area contributed by atoms with Gasteiger partial charge in [0.2, 0.25) is 0 Å². The minimum absolute atomic E-state index is 0.573. The number of rotatable bonds is 5. The normalized spacial score (nSPS) is 14.7. The second kappa shape index (κ2) is 5.41. The van der Waals surface area contributed by atoms with Crippen LogP contribution < -0.4 is 4.74 Å². The van der Waals surface area contributed by atoms with Crippen LogP contribution in [0.5, 0.6) is 5.75 Å². The number of halogens is 11. The maximum atomic E-state index is 13.1. The molecule has 1 aromatic carbocycles. The molecule has 0 radical (unpaired) electrons. The molecule has 0 spiro atoms. The molecular formula is C11H5F11O. The van der Waals surface area contributed by atoms with Gasteiger partial charge in [0.25, 0.3) is 0 Å². The topological polar surface area (TPSA) is 9.23 Å². The zero-order chi connectivity index (χ0) is 18.3. The van der Waals surface area contributed by atoms with Crippen molar-refractivity contribution in [3.8, 4) is 5.75 Å². The molecule has 23 heavy (non-hydrogen) atoms. The highest BCUT2D eigenvalue weighted by atomic mass is 19.4. The summed E-state index contributed by atoms with van der Waals surface area (Å²) in [6.45, 7) is 0. The molecule has 0 aliphatic heterocycles. The zero-order valence-electron chi connectivity index (χ0n) is 10.5. The number of benzene rings is 1. The van der Waals surface area contributed by atoms with Crippen LogP contribution in [0.25, 0.3) is 0 Å². The van der Waals surface area contributed by atoms with E-state index in [2.05, 4.69) is 4.74 Å². The van der Waals surface area contributed by atoms with Crippen LogP contribution in [0.3, 0.4) is 0 Å². The van der Waals surface area contributed by atoms with Gasteiger partial charge in [-0.2, -0.15) is 48.3 Å². The average Bonchev–Trinajstić information content (AvgIpc) is 2.37. The Morgan fingerprint density at radius 3 is 1.39 bits per heavy atom. The van der Waals surface area contributed by atoms with E-state index in [0.717, 1.165) is 12.1 Å². The Morgan fingerprint density at radius 2 is 1.00 bits per heavy atom. The molecule has 0 fully saturated rings. The number of alkyl halides is 11. The number of hydrogen-bond donors (Lipinski definition) is 0. The molecule has 0 aliphatic carbocycles. The van der Waals surface area contributed by atoms with Gasteiger partial charge in [-0.15, -0.1) is 0 Å². The zero-order valence-corrected chi connectivity index (χ0v) is 10.5. The molecule has 1 nitrogen and oxygen atoms in total. The van der Waals surface area contributed by atoms with Gasteiger partial charge < -0.3 is 4.74 Å². The van der Waals surface area contributed by atoms with E-state index in [1.54, 1.807) is 0 Å². The first kappa shape index (κ1) is 19.3. The Labute approximate surface area is 120 Å². The van der Waals surface area contributed by atoms with E-state index >= 15 is 0 Å². The Kier molecular flexibility index (Phi) is 4.54. The van der Waals surface area contributed by atoms with Crippen LogP contribution in [-0.4, -0.2) is 30.1 Å². The van der Waals surface area contributed by atoms with E-state index in [1.165, 1.54) is 6.07 Å². The quantitative estimate of drug-likeness (QED) is 0.661. The van der Waals surface area contributed by atoms with E-state index in [0.29, 0.717) is 12.1 Å². The summed E-state index contributed by atoms with van der Waals surface area (Å²) in [5, 5.41) is 0. The summed E-state index contributed by atoms with van der Waals surface area (Å²) in [5.74, 6) is -23.2. The Balaban J connectivity index is 3.26. The first-order valence-corrected chi connectivity index (χ1v) is 5.40. The standard InChI is InChI=1S/C11H5F11O/c12-7(13,8(14,15)10(18,19)20)9(16,17)11(21,22)23-6-4-2-1-3-5-6/h1-5H. The fourth-order valence-corrected chi connectivity index (χ4v) is 1.26.